The van der Waals surface area contributed by atoms with Crippen molar-refractivity contribution in [2.45, 2.75) is 39.0 Å². The lowest BCUT2D eigenvalue weighted by Gasteiger charge is -2.42. The molecule has 3 aromatic rings. The summed E-state index contributed by atoms with van der Waals surface area (Å²) in [6.07, 6.45) is 1.53. The topological polar surface area (TPSA) is 46.6 Å². The summed E-state index contributed by atoms with van der Waals surface area (Å²) in [6.45, 7) is 4.20. The molecule has 5 rings (SSSR count). The van der Waals surface area contributed by atoms with Crippen molar-refractivity contribution in [1.82, 2.24) is 0 Å². The van der Waals surface area contributed by atoms with E-state index in [1.807, 2.05) is 72.1 Å². The Morgan fingerprint density at radius 2 is 1.62 bits per heavy atom. The van der Waals surface area contributed by atoms with Crippen molar-refractivity contribution in [3.63, 3.8) is 0 Å². The Labute approximate surface area is 192 Å². The van der Waals surface area contributed by atoms with Crippen molar-refractivity contribution < 1.29 is 14.3 Å². The van der Waals surface area contributed by atoms with Gasteiger partial charge in [-0.2, -0.15) is 0 Å². The van der Waals surface area contributed by atoms with Gasteiger partial charge in [-0.1, -0.05) is 38.1 Å². The van der Waals surface area contributed by atoms with Crippen LogP contribution in [0.15, 0.2) is 83.4 Å². The third-order valence-corrected chi connectivity index (χ3v) is 7.09. The summed E-state index contributed by atoms with van der Waals surface area (Å²) >= 11 is 1.62. The van der Waals surface area contributed by atoms with Gasteiger partial charge in [-0.25, -0.2) is 0 Å². The highest BCUT2D eigenvalue weighted by molar-refractivity contribution is 7.10. The predicted molar refractivity (Wildman–Crippen MR) is 127 cm³/mol. The van der Waals surface area contributed by atoms with Gasteiger partial charge in [-0.3, -0.25) is 14.5 Å². The van der Waals surface area contributed by atoms with E-state index in [4.69, 9.17) is 4.74 Å². The van der Waals surface area contributed by atoms with Crippen LogP contribution in [0.3, 0.4) is 0 Å². The van der Waals surface area contributed by atoms with Crippen molar-refractivity contribution in [1.29, 1.82) is 0 Å². The quantitative estimate of drug-likeness (QED) is 0.450. The van der Waals surface area contributed by atoms with Crippen molar-refractivity contribution in [3.05, 3.63) is 88.3 Å². The number of para-hydroxylation sites is 1. The first-order valence-electron chi connectivity index (χ1n) is 10.9. The zero-order valence-electron chi connectivity index (χ0n) is 18.2. The van der Waals surface area contributed by atoms with Crippen LogP contribution >= 0.6 is 11.3 Å². The Kier molecular flexibility index (Phi) is 5.22. The number of hydrogen-bond acceptors (Lipinski definition) is 4. The smallest absolute Gasteiger partial charge is 0.232 e. The lowest BCUT2D eigenvalue weighted by molar-refractivity contribution is -0.120. The molecule has 4 nitrogen and oxygen atoms in total. The highest BCUT2D eigenvalue weighted by Gasteiger charge is 2.44. The minimum absolute atomic E-state index is 0.0318. The van der Waals surface area contributed by atoms with Crippen LogP contribution in [0, 0.1) is 5.41 Å². The van der Waals surface area contributed by atoms with Crippen LogP contribution in [0.2, 0.25) is 0 Å². The summed E-state index contributed by atoms with van der Waals surface area (Å²) in [5.74, 6) is 1.52. The molecule has 1 unspecified atom stereocenters. The van der Waals surface area contributed by atoms with Gasteiger partial charge in [-0.05, 0) is 59.7 Å². The average Bonchev–Trinajstić information content (AvgIpc) is 3.29. The number of thiophene rings is 1. The van der Waals surface area contributed by atoms with Crippen LogP contribution < -0.4 is 9.64 Å². The van der Waals surface area contributed by atoms with E-state index in [1.54, 1.807) is 16.2 Å². The monoisotopic (exact) mass is 443 g/mol. The Balaban J connectivity index is 1.53. The fourth-order valence-electron chi connectivity index (χ4n) is 4.74. The van der Waals surface area contributed by atoms with Crippen molar-refractivity contribution in [3.8, 4) is 11.5 Å². The highest BCUT2D eigenvalue weighted by atomic mass is 32.1. The molecular weight excluding hydrogens is 418 g/mol. The van der Waals surface area contributed by atoms with E-state index in [2.05, 4.69) is 13.8 Å². The number of Topliss-reactive ketones (excluding diaryl/α,β-unsaturated/α-hetero) is 1. The molecule has 0 saturated heterocycles. The van der Waals surface area contributed by atoms with Crippen molar-refractivity contribution in [2.75, 3.05) is 4.90 Å². The van der Waals surface area contributed by atoms with Gasteiger partial charge in [0.2, 0.25) is 5.91 Å². The number of hydrogen-bond donors (Lipinski definition) is 0. The van der Waals surface area contributed by atoms with Crippen LogP contribution in [0.5, 0.6) is 11.5 Å². The van der Waals surface area contributed by atoms with E-state index < -0.39 is 0 Å². The Morgan fingerprint density at radius 1 is 0.906 bits per heavy atom. The molecule has 5 heteroatoms. The molecule has 0 spiro atoms. The zero-order chi connectivity index (χ0) is 22.3. The van der Waals surface area contributed by atoms with E-state index in [0.29, 0.717) is 25.0 Å². The molecule has 0 radical (unpaired) electrons. The highest BCUT2D eigenvalue weighted by Crippen LogP contribution is 2.48. The maximum absolute atomic E-state index is 13.4. The number of amides is 1. The number of benzene rings is 2. The number of ketones is 1. The molecule has 2 heterocycles. The molecule has 0 bridgehead atoms. The van der Waals surface area contributed by atoms with E-state index in [-0.39, 0.29) is 23.0 Å². The minimum atomic E-state index is -0.178. The molecule has 0 saturated carbocycles. The number of ether oxygens (including phenoxy) is 1. The number of nitrogens with zero attached hydrogens (tertiary/aromatic N) is 1. The molecule has 0 fully saturated rings. The second kappa shape index (κ2) is 8.06. The van der Waals surface area contributed by atoms with Crippen LogP contribution in [-0.4, -0.2) is 11.7 Å². The van der Waals surface area contributed by atoms with Gasteiger partial charge in [0.05, 0.1) is 0 Å². The molecule has 1 aromatic heterocycles. The van der Waals surface area contributed by atoms with E-state index >= 15 is 0 Å². The lowest BCUT2D eigenvalue weighted by atomic mass is 9.70. The molecule has 32 heavy (non-hydrogen) atoms. The van der Waals surface area contributed by atoms with Gasteiger partial charge in [0.25, 0.3) is 0 Å². The maximum atomic E-state index is 13.4. The average molecular weight is 444 g/mol. The minimum Gasteiger partial charge on any atom is -0.457 e. The van der Waals surface area contributed by atoms with Gasteiger partial charge < -0.3 is 4.74 Å². The van der Waals surface area contributed by atoms with E-state index in [0.717, 1.165) is 27.6 Å². The molecule has 1 atom stereocenters. The molecule has 2 aromatic carbocycles. The van der Waals surface area contributed by atoms with Crippen LogP contribution in [0.25, 0.3) is 0 Å². The van der Waals surface area contributed by atoms with Gasteiger partial charge in [0, 0.05) is 40.6 Å². The van der Waals surface area contributed by atoms with Crippen molar-refractivity contribution >= 4 is 28.7 Å². The standard InChI is InChI=1S/C27H25NO3S/c1-27(2)16-22-26(23(29)17-27)21(24-9-6-14-32-24)15-25(30)28(22)18-10-12-20(13-11-18)31-19-7-4-3-5-8-19/h3-14,21H,15-17H2,1-2H3. The SMILES string of the molecule is CC1(C)CC(=O)C2=C(C1)N(c1ccc(Oc3ccccc3)cc1)C(=O)CC2c1cccs1. The summed E-state index contributed by atoms with van der Waals surface area (Å²) in [5.41, 5.74) is 2.27. The number of allylic oxidation sites excluding steroid dienone is 2. The molecule has 1 amide bonds. The molecular formula is C27H25NO3S. The molecule has 0 N–H and O–H groups in total. The Morgan fingerprint density at radius 3 is 2.31 bits per heavy atom. The largest absolute Gasteiger partial charge is 0.457 e. The van der Waals surface area contributed by atoms with Gasteiger partial charge in [0.1, 0.15) is 11.5 Å². The number of carbonyl (C=O) groups is 2. The third kappa shape index (κ3) is 3.89. The fourth-order valence-corrected chi connectivity index (χ4v) is 5.57. The number of anilines is 1. The van der Waals surface area contributed by atoms with Gasteiger partial charge >= 0.3 is 0 Å². The predicted octanol–water partition coefficient (Wildman–Crippen LogP) is 6.70. The fraction of sp³-hybridized carbons (Fsp3) is 0.259. The van der Waals surface area contributed by atoms with Gasteiger partial charge in [-0.15, -0.1) is 11.3 Å². The second-order valence-corrected chi connectivity index (χ2v) is 10.2. The van der Waals surface area contributed by atoms with E-state index in [9.17, 15) is 9.59 Å². The Bertz CT molecular complexity index is 1180. The molecule has 2 aliphatic rings. The summed E-state index contributed by atoms with van der Waals surface area (Å²) in [5, 5.41) is 2.01. The summed E-state index contributed by atoms with van der Waals surface area (Å²) in [4.78, 5) is 29.5. The van der Waals surface area contributed by atoms with Crippen LogP contribution in [0.1, 0.15) is 43.9 Å². The summed E-state index contributed by atoms with van der Waals surface area (Å²) in [6, 6.07) is 21.2. The van der Waals surface area contributed by atoms with Crippen molar-refractivity contribution in [2.24, 2.45) is 5.41 Å². The van der Waals surface area contributed by atoms with E-state index in [1.165, 1.54) is 0 Å². The lowest BCUT2D eigenvalue weighted by Crippen LogP contribution is -2.43. The Hall–Kier alpha value is -3.18. The van der Waals surface area contributed by atoms with Gasteiger partial charge in [0.15, 0.2) is 5.78 Å². The first-order chi connectivity index (χ1) is 15.4. The molecule has 1 aliphatic carbocycles. The van der Waals surface area contributed by atoms with Crippen LogP contribution in [0.4, 0.5) is 5.69 Å². The summed E-state index contributed by atoms with van der Waals surface area (Å²) in [7, 11) is 0. The molecule has 162 valence electrons. The number of carbonyl (C=O) groups excluding carboxylic acids is 2. The maximum Gasteiger partial charge on any atom is 0.232 e. The second-order valence-electron chi connectivity index (χ2n) is 9.21. The normalized spacial score (nSPS) is 20.3. The summed E-state index contributed by atoms with van der Waals surface area (Å²) < 4.78 is 5.90. The first kappa shape index (κ1) is 20.7. The third-order valence-electron chi connectivity index (χ3n) is 6.10. The first-order valence-corrected chi connectivity index (χ1v) is 11.7. The molecule has 1 aliphatic heterocycles. The number of rotatable bonds is 4. The zero-order valence-corrected chi connectivity index (χ0v) is 19.0. The van der Waals surface area contributed by atoms with Crippen LogP contribution in [-0.2, 0) is 9.59 Å².